The van der Waals surface area contributed by atoms with E-state index < -0.39 is 0 Å². The number of aryl methyl sites for hydroxylation is 2. The molecule has 0 spiro atoms. The number of hydrogen-bond donors (Lipinski definition) is 1. The molecule has 1 fully saturated rings. The molecule has 2 rings (SSSR count). The molecule has 1 aliphatic rings. The topological polar surface area (TPSA) is 15.3 Å². The standard InChI is InChI=1S/C12H18N2.ClH/c1-10-7-11(2)9-12(8-10)14-5-3-13-4-6-14;/h7-9,13H,3-6H2,1-2H3;1H. The van der Waals surface area contributed by atoms with Crippen molar-refractivity contribution in [3.63, 3.8) is 0 Å². The fourth-order valence-electron chi connectivity index (χ4n) is 2.06. The highest BCUT2D eigenvalue weighted by Gasteiger charge is 2.10. The molecule has 0 unspecified atom stereocenters. The molecule has 0 saturated carbocycles. The third-order valence-corrected chi connectivity index (χ3v) is 2.69. The number of benzene rings is 1. The smallest absolute Gasteiger partial charge is 0.0372 e. The van der Waals surface area contributed by atoms with Crippen molar-refractivity contribution in [3.05, 3.63) is 29.3 Å². The van der Waals surface area contributed by atoms with Crippen molar-refractivity contribution in [1.29, 1.82) is 0 Å². The van der Waals surface area contributed by atoms with Gasteiger partial charge in [0.1, 0.15) is 0 Å². The van der Waals surface area contributed by atoms with E-state index in [1.807, 2.05) is 0 Å². The second-order valence-electron chi connectivity index (χ2n) is 4.08. The van der Waals surface area contributed by atoms with Crippen molar-refractivity contribution in [2.75, 3.05) is 31.1 Å². The number of anilines is 1. The van der Waals surface area contributed by atoms with E-state index in [1.165, 1.54) is 16.8 Å². The van der Waals surface area contributed by atoms with Crippen LogP contribution in [0.2, 0.25) is 0 Å². The van der Waals surface area contributed by atoms with E-state index in [0.29, 0.717) is 0 Å². The van der Waals surface area contributed by atoms with Gasteiger partial charge in [-0.2, -0.15) is 0 Å². The van der Waals surface area contributed by atoms with Crippen LogP contribution in [0.5, 0.6) is 0 Å². The number of halogens is 1. The third-order valence-electron chi connectivity index (χ3n) is 2.69. The van der Waals surface area contributed by atoms with E-state index in [9.17, 15) is 0 Å². The molecule has 1 heterocycles. The van der Waals surface area contributed by atoms with Gasteiger partial charge >= 0.3 is 0 Å². The molecule has 15 heavy (non-hydrogen) atoms. The molecule has 2 nitrogen and oxygen atoms in total. The van der Waals surface area contributed by atoms with Gasteiger partial charge in [-0.15, -0.1) is 12.4 Å². The summed E-state index contributed by atoms with van der Waals surface area (Å²) in [5.41, 5.74) is 4.10. The first kappa shape index (κ1) is 12.3. The molecule has 1 aliphatic heterocycles. The quantitative estimate of drug-likeness (QED) is 0.790. The van der Waals surface area contributed by atoms with Gasteiger partial charge in [-0.25, -0.2) is 0 Å². The Kier molecular flexibility index (Phi) is 4.43. The molecule has 1 aromatic carbocycles. The lowest BCUT2D eigenvalue weighted by Gasteiger charge is -2.30. The van der Waals surface area contributed by atoms with E-state index in [-0.39, 0.29) is 12.4 Å². The minimum Gasteiger partial charge on any atom is -0.369 e. The van der Waals surface area contributed by atoms with Crippen LogP contribution in [0, 0.1) is 13.8 Å². The van der Waals surface area contributed by atoms with Crippen molar-refractivity contribution in [1.82, 2.24) is 5.32 Å². The summed E-state index contributed by atoms with van der Waals surface area (Å²) in [5.74, 6) is 0. The lowest BCUT2D eigenvalue weighted by molar-refractivity contribution is 0.589. The van der Waals surface area contributed by atoms with Crippen molar-refractivity contribution in [3.8, 4) is 0 Å². The third kappa shape index (κ3) is 3.11. The number of piperazine rings is 1. The Hall–Kier alpha value is -0.730. The number of hydrogen-bond acceptors (Lipinski definition) is 2. The fraction of sp³-hybridized carbons (Fsp3) is 0.500. The van der Waals surface area contributed by atoms with Gasteiger partial charge in [0.05, 0.1) is 0 Å². The van der Waals surface area contributed by atoms with Crippen LogP contribution in [0.25, 0.3) is 0 Å². The molecule has 1 saturated heterocycles. The predicted molar refractivity (Wildman–Crippen MR) is 68.2 cm³/mol. The van der Waals surface area contributed by atoms with E-state index in [4.69, 9.17) is 0 Å². The minimum atomic E-state index is 0. The van der Waals surface area contributed by atoms with Crippen LogP contribution >= 0.6 is 12.4 Å². The molecule has 3 heteroatoms. The van der Waals surface area contributed by atoms with E-state index in [2.05, 4.69) is 42.3 Å². The van der Waals surface area contributed by atoms with E-state index in [1.54, 1.807) is 0 Å². The monoisotopic (exact) mass is 226 g/mol. The molecule has 1 aromatic rings. The highest BCUT2D eigenvalue weighted by atomic mass is 35.5. The molecule has 0 radical (unpaired) electrons. The molecule has 0 atom stereocenters. The average molecular weight is 227 g/mol. The van der Waals surface area contributed by atoms with Crippen LogP contribution in [0.15, 0.2) is 18.2 Å². The second kappa shape index (κ2) is 5.38. The van der Waals surface area contributed by atoms with Gasteiger partial charge in [0.2, 0.25) is 0 Å². The van der Waals surface area contributed by atoms with Crippen molar-refractivity contribution in [2.24, 2.45) is 0 Å². The predicted octanol–water partition coefficient (Wildman–Crippen LogP) is 2.13. The summed E-state index contributed by atoms with van der Waals surface area (Å²) >= 11 is 0. The van der Waals surface area contributed by atoms with Crippen molar-refractivity contribution >= 4 is 18.1 Å². The Labute approximate surface area is 98.1 Å². The average Bonchev–Trinajstić information content (AvgIpc) is 2.18. The van der Waals surface area contributed by atoms with Crippen LogP contribution in [-0.2, 0) is 0 Å². The molecule has 84 valence electrons. The summed E-state index contributed by atoms with van der Waals surface area (Å²) in [5, 5.41) is 3.37. The zero-order chi connectivity index (χ0) is 9.97. The first-order valence-electron chi connectivity index (χ1n) is 5.30. The van der Waals surface area contributed by atoms with Crippen molar-refractivity contribution < 1.29 is 0 Å². The summed E-state index contributed by atoms with van der Waals surface area (Å²) in [7, 11) is 0. The molecule has 0 aliphatic carbocycles. The molecule has 0 amide bonds. The van der Waals surface area contributed by atoms with Crippen LogP contribution < -0.4 is 10.2 Å². The van der Waals surface area contributed by atoms with Gasteiger partial charge in [0.15, 0.2) is 0 Å². The van der Waals surface area contributed by atoms with Gasteiger partial charge < -0.3 is 10.2 Å². The summed E-state index contributed by atoms with van der Waals surface area (Å²) in [6.45, 7) is 8.79. The van der Waals surface area contributed by atoms with E-state index >= 15 is 0 Å². The van der Waals surface area contributed by atoms with Gasteiger partial charge in [0.25, 0.3) is 0 Å². The maximum Gasteiger partial charge on any atom is 0.0372 e. The first-order valence-corrected chi connectivity index (χ1v) is 5.30. The summed E-state index contributed by atoms with van der Waals surface area (Å²) < 4.78 is 0. The lowest BCUT2D eigenvalue weighted by Crippen LogP contribution is -2.43. The molecule has 0 aromatic heterocycles. The van der Waals surface area contributed by atoms with Crippen LogP contribution in [-0.4, -0.2) is 26.2 Å². The van der Waals surface area contributed by atoms with Crippen LogP contribution in [0.1, 0.15) is 11.1 Å². The largest absolute Gasteiger partial charge is 0.369 e. The highest BCUT2D eigenvalue weighted by Crippen LogP contribution is 2.18. The summed E-state index contributed by atoms with van der Waals surface area (Å²) in [6, 6.07) is 6.78. The second-order valence-corrected chi connectivity index (χ2v) is 4.08. The Morgan fingerprint density at radius 2 is 1.53 bits per heavy atom. The maximum atomic E-state index is 3.37. The maximum absolute atomic E-state index is 3.37. The number of nitrogens with zero attached hydrogens (tertiary/aromatic N) is 1. The zero-order valence-electron chi connectivity index (χ0n) is 9.42. The Morgan fingerprint density at radius 1 is 1.00 bits per heavy atom. The highest BCUT2D eigenvalue weighted by molar-refractivity contribution is 5.85. The normalized spacial score (nSPS) is 16.0. The fourth-order valence-corrected chi connectivity index (χ4v) is 2.06. The lowest BCUT2D eigenvalue weighted by atomic mass is 10.1. The van der Waals surface area contributed by atoms with Gasteiger partial charge in [-0.3, -0.25) is 0 Å². The molecular weight excluding hydrogens is 208 g/mol. The van der Waals surface area contributed by atoms with Gasteiger partial charge in [-0.1, -0.05) is 6.07 Å². The van der Waals surface area contributed by atoms with Crippen LogP contribution in [0.4, 0.5) is 5.69 Å². The van der Waals surface area contributed by atoms with E-state index in [0.717, 1.165) is 26.2 Å². The Bertz CT molecular complexity index is 299. The van der Waals surface area contributed by atoms with Crippen LogP contribution in [0.3, 0.4) is 0 Å². The minimum absolute atomic E-state index is 0. The zero-order valence-corrected chi connectivity index (χ0v) is 10.2. The first-order chi connectivity index (χ1) is 6.75. The summed E-state index contributed by atoms with van der Waals surface area (Å²) in [4.78, 5) is 2.45. The summed E-state index contributed by atoms with van der Waals surface area (Å²) in [6.07, 6.45) is 0. The molecule has 0 bridgehead atoms. The van der Waals surface area contributed by atoms with Gasteiger partial charge in [-0.05, 0) is 37.1 Å². The SMILES string of the molecule is Cc1cc(C)cc(N2CCNCC2)c1.Cl. The number of nitrogens with one attached hydrogen (secondary N) is 1. The molecular formula is C12H19ClN2. The van der Waals surface area contributed by atoms with Crippen molar-refractivity contribution in [2.45, 2.75) is 13.8 Å². The number of rotatable bonds is 1. The Morgan fingerprint density at radius 3 is 2.07 bits per heavy atom. The molecule has 1 N–H and O–H groups in total. The van der Waals surface area contributed by atoms with Gasteiger partial charge in [0, 0.05) is 31.9 Å². The Balaban J connectivity index is 0.00000112.